The Morgan fingerprint density at radius 3 is 1.42 bits per heavy atom. The average Bonchev–Trinajstić information content (AvgIpc) is 1.43. The molecular formula is C98H74GeN5OPt-3. The molecule has 0 bridgehead atoms. The van der Waals surface area contributed by atoms with E-state index in [1.165, 1.54) is 61.4 Å². The molecule has 0 radical (unpaired) electrons. The summed E-state index contributed by atoms with van der Waals surface area (Å²) >= 11 is -3.56. The Balaban J connectivity index is 0.00000796. The smallest absolute Gasteiger partial charge is 0 e. The van der Waals surface area contributed by atoms with Gasteiger partial charge in [-0.2, -0.15) is 6.07 Å². The van der Waals surface area contributed by atoms with Crippen LogP contribution in [0, 0.1) is 18.8 Å². The van der Waals surface area contributed by atoms with E-state index in [0.29, 0.717) is 11.5 Å². The van der Waals surface area contributed by atoms with Crippen LogP contribution >= 0.6 is 0 Å². The van der Waals surface area contributed by atoms with Crippen LogP contribution in [0.4, 0.5) is 11.4 Å². The third-order valence-electron chi connectivity index (χ3n) is 21.7. The van der Waals surface area contributed by atoms with Crippen LogP contribution in [-0.4, -0.2) is 32.0 Å². The number of aromatic nitrogens is 4. The van der Waals surface area contributed by atoms with Crippen molar-refractivity contribution in [3.8, 4) is 45.3 Å². The number of para-hydroxylation sites is 5. The summed E-state index contributed by atoms with van der Waals surface area (Å²) in [5.74, 6) is 1.91. The van der Waals surface area contributed by atoms with E-state index in [4.69, 9.17) is 9.72 Å². The molecule has 19 rings (SSSR count). The number of ether oxygens (including phenoxy) is 1. The molecule has 0 fully saturated rings. The van der Waals surface area contributed by atoms with Crippen molar-refractivity contribution in [1.82, 2.24) is 18.7 Å². The fourth-order valence-electron chi connectivity index (χ4n) is 16.7. The van der Waals surface area contributed by atoms with Gasteiger partial charge in [0, 0.05) is 55.1 Å². The number of benzene rings is 14. The maximum atomic E-state index is 7.33. The Morgan fingerprint density at radius 2 is 0.840 bits per heavy atom. The monoisotopic (exact) mass is 1610 g/mol. The van der Waals surface area contributed by atoms with Crippen LogP contribution in [0.5, 0.6) is 11.5 Å². The molecule has 1 aliphatic rings. The predicted octanol–water partition coefficient (Wildman–Crippen LogP) is 22.6. The first kappa shape index (κ1) is 66.3. The number of fused-ring (bicyclic) bond motifs is 13. The molecule has 0 saturated carbocycles. The molecule has 0 N–H and O–H groups in total. The second-order valence-corrected chi connectivity index (χ2v) is 37.9. The molecule has 514 valence electrons. The summed E-state index contributed by atoms with van der Waals surface area (Å²) in [4.78, 5) is 7.42. The number of hydrogen-bond donors (Lipinski definition) is 0. The van der Waals surface area contributed by atoms with Gasteiger partial charge in [0.25, 0.3) is 0 Å². The first-order chi connectivity index (χ1) is 51.3. The standard InChI is InChI=1S/C98H74GeN5O.Pt/c1-97(2,3)68-55-56-100-93(60-68)104-89-49-25-22-43-86(89)94-91(103-87-47-23-20-41-82(87)83-42-21-24-48-88(83)103)62-76(63-92(94)104)105-75-36-26-35-74(61-75)101-64-102-95-77(44-27-45-84(95)80-39-18-16-37-78(80)79-38-17-19-40-81(79)85-46-28-50-90(101)96(85)102)67-57-66(58-69(59-67)98(4,5)6)65-51-53-73(54-52-65)99(70-29-10-7-11-30-70,71-31-12-8-13-32-71)72-33-14-9-15-34-72;/h7-60,62,64H,1-6H3;/q-3;. The van der Waals surface area contributed by atoms with E-state index in [-0.39, 0.29) is 31.9 Å². The third-order valence-corrected chi connectivity index (χ3v) is 31.7. The molecule has 0 spiro atoms. The molecule has 0 saturated heterocycles. The second kappa shape index (κ2) is 26.2. The zero-order chi connectivity index (χ0) is 70.7. The number of anilines is 2. The quantitative estimate of drug-likeness (QED) is 0.0957. The number of rotatable bonds is 11. The molecular weight excluding hydrogens is 1530 g/mol. The van der Waals surface area contributed by atoms with Crippen LogP contribution in [0.3, 0.4) is 0 Å². The van der Waals surface area contributed by atoms with Crippen molar-refractivity contribution in [3.63, 3.8) is 0 Å². The largest absolute Gasteiger partial charge is 0 e. The minimum absolute atomic E-state index is 0. The van der Waals surface area contributed by atoms with Gasteiger partial charge in [-0.25, -0.2) is 4.98 Å². The van der Waals surface area contributed by atoms with Crippen LogP contribution < -0.4 is 27.2 Å². The van der Waals surface area contributed by atoms with Crippen LogP contribution in [0.1, 0.15) is 52.7 Å². The van der Waals surface area contributed by atoms with Gasteiger partial charge in [0.05, 0.1) is 11.0 Å². The molecule has 0 aliphatic carbocycles. The molecule has 18 aromatic rings. The van der Waals surface area contributed by atoms with Crippen molar-refractivity contribution >= 4 is 129 Å². The fraction of sp³-hybridized carbons (Fsp3) is 0.0816. The van der Waals surface area contributed by atoms with E-state index in [0.717, 1.165) is 99.4 Å². The van der Waals surface area contributed by atoms with Gasteiger partial charge in [0.2, 0.25) is 0 Å². The van der Waals surface area contributed by atoms with Gasteiger partial charge in [-0.3, -0.25) is 0 Å². The molecule has 0 unspecified atom stereocenters. The average molecular weight is 1610 g/mol. The summed E-state index contributed by atoms with van der Waals surface area (Å²) in [7, 11) is 0. The van der Waals surface area contributed by atoms with Crippen LogP contribution in [-0.2, 0) is 31.9 Å². The summed E-state index contributed by atoms with van der Waals surface area (Å²) in [6.07, 6.45) is 1.93. The summed E-state index contributed by atoms with van der Waals surface area (Å²) in [5.41, 5.74) is 15.8. The molecule has 14 aromatic carbocycles. The Bertz CT molecular complexity index is 6410. The topological polar surface area (TPSA) is 40.1 Å². The summed E-state index contributed by atoms with van der Waals surface area (Å²) < 4.78 is 20.0. The van der Waals surface area contributed by atoms with Gasteiger partial charge in [0.1, 0.15) is 5.82 Å². The van der Waals surface area contributed by atoms with Crippen molar-refractivity contribution < 1.29 is 25.8 Å². The van der Waals surface area contributed by atoms with Gasteiger partial charge >= 0.3 is 297 Å². The minimum atomic E-state index is -3.56. The van der Waals surface area contributed by atoms with Gasteiger partial charge in [-0.15, -0.1) is 30.3 Å². The molecule has 106 heavy (non-hydrogen) atoms. The zero-order valence-corrected chi connectivity index (χ0v) is 64.2. The predicted molar refractivity (Wildman–Crippen MR) is 443 cm³/mol. The van der Waals surface area contributed by atoms with Crippen molar-refractivity contribution in [2.24, 2.45) is 0 Å². The first-order valence-electron chi connectivity index (χ1n) is 36.3. The SMILES string of the molecule is CC(C)(C)c1cc(-c2cc[c]([Ge]([c]3ccccc3)([c]3ccccc3)[c]3ccccc3)cc2)cc(-c2cccc3c4ccccc4c4ccccc4c4cccc5c4n(c23)[CH-]N5c2[c-]c(Oc3[c-]c4c(c(-n5c6ccccc6c6ccccc65)c3)c3ccccc3n4-c3cc(C(C)(C)C)ccn3)ccc2)c1.[Pt]. The molecule has 4 aromatic heterocycles. The van der Waals surface area contributed by atoms with Crippen molar-refractivity contribution in [2.75, 3.05) is 4.90 Å². The van der Waals surface area contributed by atoms with Crippen molar-refractivity contribution in [1.29, 1.82) is 0 Å². The Kier molecular flexibility index (Phi) is 16.4. The minimum Gasteiger partial charge on any atom is 0 e. The molecule has 0 atom stereocenters. The first-order valence-corrected chi connectivity index (χ1v) is 40.5. The molecule has 0 amide bonds. The van der Waals surface area contributed by atoms with Crippen LogP contribution in [0.15, 0.2) is 334 Å². The number of hydrogen-bond acceptors (Lipinski definition) is 3. The molecule has 1 aliphatic heterocycles. The van der Waals surface area contributed by atoms with E-state index >= 15 is 0 Å². The number of nitrogens with zero attached hydrogens (tertiary/aromatic N) is 5. The van der Waals surface area contributed by atoms with Gasteiger partial charge in [-0.05, 0) is 69.2 Å². The van der Waals surface area contributed by atoms with Crippen LogP contribution in [0.25, 0.3) is 121 Å². The fourth-order valence-corrected chi connectivity index (χ4v) is 26.6. The Morgan fingerprint density at radius 1 is 0.358 bits per heavy atom. The third kappa shape index (κ3) is 10.9. The summed E-state index contributed by atoms with van der Waals surface area (Å²) in [6.45, 7) is 16.0. The van der Waals surface area contributed by atoms with E-state index in [2.05, 4.69) is 400 Å². The maximum absolute atomic E-state index is 7.33. The van der Waals surface area contributed by atoms with E-state index in [1.54, 1.807) is 0 Å². The normalized spacial score (nSPS) is 12.4. The summed E-state index contributed by atoms with van der Waals surface area (Å²) in [5, 5.41) is 11.4. The Hall–Kier alpha value is -11.7. The maximum Gasteiger partial charge on any atom is 0 e. The van der Waals surface area contributed by atoms with Gasteiger partial charge in [0.15, 0.2) is 0 Å². The molecule has 6 nitrogen and oxygen atoms in total. The number of pyridine rings is 1. The van der Waals surface area contributed by atoms with Crippen molar-refractivity contribution in [3.05, 3.63) is 364 Å². The van der Waals surface area contributed by atoms with Gasteiger partial charge < -0.3 is 13.9 Å². The van der Waals surface area contributed by atoms with E-state index in [1.807, 2.05) is 12.3 Å². The van der Waals surface area contributed by atoms with E-state index < -0.39 is 13.3 Å². The van der Waals surface area contributed by atoms with Gasteiger partial charge in [-0.1, -0.05) is 147 Å². The molecule has 5 heterocycles. The van der Waals surface area contributed by atoms with E-state index in [9.17, 15) is 0 Å². The molecule has 8 heteroatoms. The second-order valence-electron chi connectivity index (χ2n) is 29.9. The van der Waals surface area contributed by atoms with Crippen LogP contribution in [0.2, 0.25) is 0 Å². The summed E-state index contributed by atoms with van der Waals surface area (Å²) in [6, 6.07) is 129. The van der Waals surface area contributed by atoms with Crippen molar-refractivity contribution in [2.45, 2.75) is 52.4 Å². The zero-order valence-electron chi connectivity index (χ0n) is 59.8. The Labute approximate surface area is 635 Å².